The van der Waals surface area contributed by atoms with Crippen molar-refractivity contribution >= 4 is 52.7 Å². The summed E-state index contributed by atoms with van der Waals surface area (Å²) in [5, 5.41) is 6.13. The lowest BCUT2D eigenvalue weighted by Crippen LogP contribution is -2.44. The molecule has 1 heterocycles. The maximum absolute atomic E-state index is 14.9. The second kappa shape index (κ2) is 13.5. The van der Waals surface area contributed by atoms with E-state index in [0.717, 1.165) is 5.56 Å². The first kappa shape index (κ1) is 32.8. The van der Waals surface area contributed by atoms with Crippen molar-refractivity contribution in [2.45, 2.75) is 73.5 Å². The number of nitrogens with zero attached hydrogens (tertiary/aromatic N) is 4. The number of benzene rings is 2. The van der Waals surface area contributed by atoms with E-state index in [1.54, 1.807) is 61.5 Å². The van der Waals surface area contributed by atoms with Crippen molar-refractivity contribution < 1.29 is 28.2 Å². The Bertz CT molecular complexity index is 1450. The van der Waals surface area contributed by atoms with Crippen LogP contribution in [0, 0.1) is 12.7 Å². The first-order valence-corrected chi connectivity index (χ1v) is 13.8. The molecule has 0 bridgehead atoms. The number of aliphatic imine (C=N–C) groups is 1. The normalized spacial score (nSPS) is 11.9. The van der Waals surface area contributed by atoms with E-state index < -0.39 is 29.2 Å². The van der Waals surface area contributed by atoms with Crippen molar-refractivity contribution in [3.63, 3.8) is 0 Å². The Morgan fingerprint density at radius 3 is 2.09 bits per heavy atom. The number of carbonyl (C=O) groups excluding carboxylic acids is 2. The maximum Gasteiger partial charge on any atom is 0.425 e. The van der Waals surface area contributed by atoms with E-state index in [1.807, 2.05) is 31.2 Å². The molecule has 3 rings (SSSR count). The average Bonchev–Trinajstić information content (AvgIpc) is 2.85. The number of aromatic nitrogens is 2. The van der Waals surface area contributed by atoms with Crippen LogP contribution in [-0.2, 0) is 14.2 Å². The van der Waals surface area contributed by atoms with Gasteiger partial charge in [0.05, 0.1) is 12.3 Å². The SMILES string of the molecule is CCO/C(C)=N/c1c(F)cccc1Nc1cc(N(C(=O)OC(C)(C)C)C(=O)OC(C)(C)C)nc(Nc2ccc(C)cc2)n1. The maximum atomic E-state index is 14.9. The second-order valence-corrected chi connectivity index (χ2v) is 11.5. The molecule has 11 nitrogen and oxygen atoms in total. The van der Waals surface area contributed by atoms with Crippen LogP contribution < -0.4 is 15.5 Å². The minimum absolute atomic E-state index is 0.0159. The Morgan fingerprint density at radius 2 is 1.53 bits per heavy atom. The summed E-state index contributed by atoms with van der Waals surface area (Å²) in [6.07, 6.45) is -2.01. The highest BCUT2D eigenvalue weighted by atomic mass is 19.1. The Hall–Kier alpha value is -4.74. The molecule has 0 aliphatic carbocycles. The number of carbonyl (C=O) groups is 2. The largest absolute Gasteiger partial charge is 0.481 e. The van der Waals surface area contributed by atoms with Gasteiger partial charge in [0, 0.05) is 18.7 Å². The standard InChI is InChI=1S/C31H39FN6O5/c1-10-41-20(3)33-26-22(32)12-11-13-23(26)35-24-18-25(37-27(36-24)34-21-16-14-19(2)15-17-21)38(28(39)42-30(4,5)6)29(40)43-31(7,8)9/h11-18H,10H2,1-9H3,(H2,34,35,36,37)/b33-20+. The third kappa shape index (κ3) is 9.94. The third-order valence-corrected chi connectivity index (χ3v) is 5.27. The zero-order valence-electron chi connectivity index (χ0n) is 26.0. The number of halogens is 1. The van der Waals surface area contributed by atoms with Gasteiger partial charge in [-0.1, -0.05) is 23.8 Å². The predicted molar refractivity (Wildman–Crippen MR) is 166 cm³/mol. The van der Waals surface area contributed by atoms with E-state index in [-0.39, 0.29) is 34.9 Å². The molecule has 2 N–H and O–H groups in total. The van der Waals surface area contributed by atoms with Crippen molar-refractivity contribution in [2.75, 3.05) is 22.1 Å². The molecule has 0 spiro atoms. The van der Waals surface area contributed by atoms with Crippen molar-refractivity contribution in [2.24, 2.45) is 4.99 Å². The van der Waals surface area contributed by atoms with Gasteiger partial charge in [0.1, 0.15) is 22.7 Å². The van der Waals surface area contributed by atoms with Gasteiger partial charge in [-0.05, 0) is 79.7 Å². The average molecular weight is 595 g/mol. The van der Waals surface area contributed by atoms with Crippen LogP contribution >= 0.6 is 0 Å². The van der Waals surface area contributed by atoms with E-state index >= 15 is 0 Å². The van der Waals surface area contributed by atoms with E-state index in [0.29, 0.717) is 17.2 Å². The number of rotatable bonds is 7. The molecule has 0 radical (unpaired) electrons. The zero-order valence-corrected chi connectivity index (χ0v) is 26.0. The lowest BCUT2D eigenvalue weighted by molar-refractivity contribution is 0.0429. The fourth-order valence-electron chi connectivity index (χ4n) is 3.58. The molecule has 0 fully saturated rings. The summed E-state index contributed by atoms with van der Waals surface area (Å²) in [4.78, 5) is 40.7. The van der Waals surface area contributed by atoms with Crippen LogP contribution in [0.25, 0.3) is 0 Å². The predicted octanol–water partition coefficient (Wildman–Crippen LogP) is 8.17. The molecular formula is C31H39FN6O5. The van der Waals surface area contributed by atoms with Crippen LogP contribution in [0.1, 0.15) is 61.0 Å². The number of ether oxygens (including phenoxy) is 3. The van der Waals surface area contributed by atoms with E-state index in [9.17, 15) is 14.0 Å². The van der Waals surface area contributed by atoms with Crippen LogP contribution in [0.5, 0.6) is 0 Å². The topological polar surface area (TPSA) is 127 Å². The van der Waals surface area contributed by atoms with Crippen LogP contribution in [0.4, 0.5) is 48.6 Å². The van der Waals surface area contributed by atoms with E-state index in [4.69, 9.17) is 14.2 Å². The molecule has 0 aliphatic heterocycles. The molecule has 1 aromatic heterocycles. The quantitative estimate of drug-likeness (QED) is 0.206. The number of imide groups is 1. The number of anilines is 5. The minimum atomic E-state index is -1.00. The van der Waals surface area contributed by atoms with E-state index in [2.05, 4.69) is 25.6 Å². The zero-order chi connectivity index (χ0) is 31.9. The lowest BCUT2D eigenvalue weighted by Gasteiger charge is -2.28. The molecule has 12 heteroatoms. The van der Waals surface area contributed by atoms with Gasteiger partial charge >= 0.3 is 12.2 Å². The molecule has 0 saturated carbocycles. The Morgan fingerprint density at radius 1 is 0.930 bits per heavy atom. The number of aryl methyl sites for hydroxylation is 1. The molecule has 0 saturated heterocycles. The van der Waals surface area contributed by atoms with Crippen molar-refractivity contribution in [3.8, 4) is 0 Å². The van der Waals surface area contributed by atoms with Gasteiger partial charge in [0.25, 0.3) is 0 Å². The second-order valence-electron chi connectivity index (χ2n) is 11.5. The van der Waals surface area contributed by atoms with E-state index in [1.165, 1.54) is 18.2 Å². The monoisotopic (exact) mass is 594 g/mol. The summed E-state index contributed by atoms with van der Waals surface area (Å²) < 4.78 is 31.4. The minimum Gasteiger partial charge on any atom is -0.481 e. The van der Waals surface area contributed by atoms with Crippen LogP contribution in [-0.4, -0.2) is 45.9 Å². The highest BCUT2D eigenvalue weighted by Crippen LogP contribution is 2.33. The Kier molecular flexibility index (Phi) is 10.3. The van der Waals surface area contributed by atoms with Crippen LogP contribution in [0.2, 0.25) is 0 Å². The third-order valence-electron chi connectivity index (χ3n) is 5.27. The number of para-hydroxylation sites is 1. The summed E-state index contributed by atoms with van der Waals surface area (Å²) in [5.41, 5.74) is 0.0787. The van der Waals surface area contributed by atoms with Gasteiger partial charge in [-0.15, -0.1) is 0 Å². The highest BCUT2D eigenvalue weighted by molar-refractivity contribution is 6.09. The van der Waals surface area contributed by atoms with Crippen molar-refractivity contribution in [1.82, 2.24) is 9.97 Å². The van der Waals surface area contributed by atoms with Crippen LogP contribution in [0.15, 0.2) is 53.5 Å². The number of nitrogens with one attached hydrogen (secondary N) is 2. The van der Waals surface area contributed by atoms with Crippen molar-refractivity contribution in [1.29, 1.82) is 0 Å². The van der Waals surface area contributed by atoms with Gasteiger partial charge in [0.15, 0.2) is 17.5 Å². The Balaban J connectivity index is 2.17. The molecule has 230 valence electrons. The molecule has 3 aromatic rings. The molecule has 0 aliphatic rings. The molecule has 43 heavy (non-hydrogen) atoms. The first-order valence-electron chi connectivity index (χ1n) is 13.8. The van der Waals surface area contributed by atoms with Gasteiger partial charge < -0.3 is 24.8 Å². The van der Waals surface area contributed by atoms with Gasteiger partial charge in [-0.3, -0.25) is 0 Å². The summed E-state index contributed by atoms with van der Waals surface area (Å²) in [6, 6.07) is 13.2. The molecule has 2 aromatic carbocycles. The molecule has 2 amide bonds. The first-order chi connectivity index (χ1) is 20.0. The summed E-state index contributed by atoms with van der Waals surface area (Å²) in [7, 11) is 0. The number of hydrogen-bond acceptors (Lipinski definition) is 10. The summed E-state index contributed by atoms with van der Waals surface area (Å²) >= 11 is 0. The smallest absolute Gasteiger partial charge is 0.425 e. The number of amides is 2. The molecule has 0 unspecified atom stereocenters. The Labute approximate surface area is 251 Å². The molecular weight excluding hydrogens is 555 g/mol. The number of hydrogen-bond donors (Lipinski definition) is 2. The highest BCUT2D eigenvalue weighted by Gasteiger charge is 2.34. The van der Waals surface area contributed by atoms with Gasteiger partial charge in [0.2, 0.25) is 5.95 Å². The van der Waals surface area contributed by atoms with Gasteiger partial charge in [-0.2, -0.15) is 14.9 Å². The van der Waals surface area contributed by atoms with Crippen molar-refractivity contribution in [3.05, 3.63) is 59.9 Å². The summed E-state index contributed by atoms with van der Waals surface area (Å²) in [5.74, 6) is -0.328. The lowest BCUT2D eigenvalue weighted by atomic mass is 10.2. The summed E-state index contributed by atoms with van der Waals surface area (Å²) in [6.45, 7) is 15.8. The van der Waals surface area contributed by atoms with Gasteiger partial charge in [-0.25, -0.2) is 19.0 Å². The fourth-order valence-corrected chi connectivity index (χ4v) is 3.58. The fraction of sp³-hybridized carbons (Fsp3) is 0.387. The van der Waals surface area contributed by atoms with Crippen LogP contribution in [0.3, 0.4) is 0 Å². The molecule has 0 atom stereocenters.